The van der Waals surface area contributed by atoms with Gasteiger partial charge in [0.2, 0.25) is 0 Å². The zero-order valence-electron chi connectivity index (χ0n) is 15.2. The molecular weight excluding hydrogens is 302 g/mol. The van der Waals surface area contributed by atoms with E-state index >= 15 is 0 Å². The number of hydrogen-bond donors (Lipinski definition) is 1. The number of ether oxygens (including phenoxy) is 1. The average Bonchev–Trinajstić information content (AvgIpc) is 2.94. The molecule has 0 radical (unpaired) electrons. The van der Waals surface area contributed by atoms with E-state index in [1.807, 2.05) is 24.3 Å². The van der Waals surface area contributed by atoms with Crippen LogP contribution in [0.3, 0.4) is 0 Å². The average molecular weight is 329 g/mol. The Kier molecular flexibility index (Phi) is 5.65. The van der Waals surface area contributed by atoms with E-state index < -0.39 is 6.10 Å². The number of amides is 1. The van der Waals surface area contributed by atoms with Gasteiger partial charge >= 0.3 is 0 Å². The first-order valence-corrected chi connectivity index (χ1v) is 8.41. The summed E-state index contributed by atoms with van der Waals surface area (Å²) < 4.78 is 7.53. The third-order valence-electron chi connectivity index (χ3n) is 3.81. The first kappa shape index (κ1) is 18.0. The minimum Gasteiger partial charge on any atom is -0.481 e. The van der Waals surface area contributed by atoms with Crippen molar-refractivity contribution in [2.24, 2.45) is 0 Å². The van der Waals surface area contributed by atoms with Crippen molar-refractivity contribution in [2.45, 2.75) is 59.1 Å². The monoisotopic (exact) mass is 329 g/mol. The molecule has 2 rings (SSSR count). The van der Waals surface area contributed by atoms with Crippen molar-refractivity contribution in [3.63, 3.8) is 0 Å². The Morgan fingerprint density at radius 1 is 1.25 bits per heavy atom. The van der Waals surface area contributed by atoms with Gasteiger partial charge in [0.15, 0.2) is 6.10 Å². The van der Waals surface area contributed by atoms with E-state index in [1.54, 1.807) is 23.9 Å². The second-order valence-corrected chi connectivity index (χ2v) is 6.96. The van der Waals surface area contributed by atoms with Crippen LogP contribution in [0.25, 0.3) is 0 Å². The van der Waals surface area contributed by atoms with Crippen molar-refractivity contribution >= 4 is 11.7 Å². The second-order valence-electron chi connectivity index (χ2n) is 6.96. The summed E-state index contributed by atoms with van der Waals surface area (Å²) in [5, 5.41) is 7.06. The molecule has 1 amide bonds. The first-order chi connectivity index (χ1) is 11.3. The molecule has 5 nitrogen and oxygen atoms in total. The predicted molar refractivity (Wildman–Crippen MR) is 96.4 cm³/mol. The quantitative estimate of drug-likeness (QED) is 0.871. The van der Waals surface area contributed by atoms with Crippen molar-refractivity contribution in [3.8, 4) is 5.75 Å². The number of nitrogens with zero attached hydrogens (tertiary/aromatic N) is 2. The van der Waals surface area contributed by atoms with Crippen molar-refractivity contribution in [3.05, 3.63) is 42.1 Å². The van der Waals surface area contributed by atoms with E-state index in [-0.39, 0.29) is 11.3 Å². The first-order valence-electron chi connectivity index (χ1n) is 8.41. The summed E-state index contributed by atoms with van der Waals surface area (Å²) >= 11 is 0. The highest BCUT2D eigenvalue weighted by Gasteiger charge is 2.18. The number of carbonyl (C=O) groups excluding carboxylic acids is 1. The van der Waals surface area contributed by atoms with Gasteiger partial charge in [0.05, 0.1) is 6.20 Å². The minimum atomic E-state index is -0.588. The summed E-state index contributed by atoms with van der Waals surface area (Å²) in [4.78, 5) is 12.3. The van der Waals surface area contributed by atoms with Gasteiger partial charge in [0.1, 0.15) is 11.6 Å². The minimum absolute atomic E-state index is 0.0964. The predicted octanol–water partition coefficient (Wildman–Crippen LogP) is 4.00. The standard InChI is InChI=1S/C19H27N3O2/c1-6-13-22-17(11-12-20-22)21-18(23)14(2)24-16-9-7-15(8-10-16)19(3,4)5/h7-12,14H,6,13H2,1-5H3,(H,21,23). The molecule has 1 N–H and O–H groups in total. The van der Waals surface area contributed by atoms with Crippen LogP contribution in [0, 0.1) is 0 Å². The van der Waals surface area contributed by atoms with E-state index in [2.05, 4.69) is 38.1 Å². The molecule has 0 fully saturated rings. The molecule has 1 aromatic carbocycles. The molecule has 1 atom stereocenters. The number of benzene rings is 1. The maximum atomic E-state index is 12.3. The lowest BCUT2D eigenvalue weighted by molar-refractivity contribution is -0.122. The van der Waals surface area contributed by atoms with Gasteiger partial charge in [-0.2, -0.15) is 5.10 Å². The maximum absolute atomic E-state index is 12.3. The maximum Gasteiger partial charge on any atom is 0.266 e. The number of hydrogen-bond acceptors (Lipinski definition) is 3. The van der Waals surface area contributed by atoms with Gasteiger partial charge in [-0.1, -0.05) is 39.8 Å². The van der Waals surface area contributed by atoms with Crippen molar-refractivity contribution in [1.82, 2.24) is 9.78 Å². The molecule has 1 unspecified atom stereocenters. The SMILES string of the molecule is CCCn1nccc1NC(=O)C(C)Oc1ccc(C(C)(C)C)cc1. The fourth-order valence-electron chi connectivity index (χ4n) is 2.35. The molecule has 0 aliphatic carbocycles. The largest absolute Gasteiger partial charge is 0.481 e. The van der Waals surface area contributed by atoms with Crippen molar-refractivity contribution in [2.75, 3.05) is 5.32 Å². The highest BCUT2D eigenvalue weighted by atomic mass is 16.5. The smallest absolute Gasteiger partial charge is 0.266 e. The molecule has 0 bridgehead atoms. The summed E-state index contributed by atoms with van der Waals surface area (Å²) in [5.74, 6) is 1.20. The topological polar surface area (TPSA) is 56.2 Å². The summed E-state index contributed by atoms with van der Waals surface area (Å²) in [6.07, 6.45) is 2.05. The molecule has 0 aliphatic heterocycles. The van der Waals surface area contributed by atoms with Gasteiger partial charge in [-0.15, -0.1) is 0 Å². The molecule has 0 saturated carbocycles. The van der Waals surface area contributed by atoms with Gasteiger partial charge in [-0.3, -0.25) is 4.79 Å². The van der Waals surface area contributed by atoms with E-state index in [4.69, 9.17) is 4.74 Å². The van der Waals surface area contributed by atoms with Crippen LogP contribution in [0.2, 0.25) is 0 Å². The van der Waals surface area contributed by atoms with E-state index in [9.17, 15) is 4.79 Å². The Morgan fingerprint density at radius 3 is 2.50 bits per heavy atom. The van der Waals surface area contributed by atoms with Gasteiger partial charge < -0.3 is 10.1 Å². The van der Waals surface area contributed by atoms with Gasteiger partial charge in [-0.05, 0) is 36.5 Å². The Hall–Kier alpha value is -2.30. The van der Waals surface area contributed by atoms with Crippen LogP contribution in [0.1, 0.15) is 46.6 Å². The molecular formula is C19H27N3O2. The summed E-state index contributed by atoms with van der Waals surface area (Å²) in [6, 6.07) is 9.68. The number of aryl methyl sites for hydroxylation is 1. The van der Waals surface area contributed by atoms with Gasteiger partial charge in [-0.25, -0.2) is 4.68 Å². The van der Waals surface area contributed by atoms with Crippen LogP contribution in [-0.4, -0.2) is 21.8 Å². The fourth-order valence-corrected chi connectivity index (χ4v) is 2.35. The highest BCUT2D eigenvalue weighted by molar-refractivity contribution is 5.93. The number of anilines is 1. The van der Waals surface area contributed by atoms with Gasteiger partial charge in [0.25, 0.3) is 5.91 Å². The lowest BCUT2D eigenvalue weighted by Gasteiger charge is -2.20. The van der Waals surface area contributed by atoms with Crippen LogP contribution in [-0.2, 0) is 16.8 Å². The number of aromatic nitrogens is 2. The highest BCUT2D eigenvalue weighted by Crippen LogP contribution is 2.24. The molecule has 5 heteroatoms. The summed E-state index contributed by atoms with van der Waals surface area (Å²) in [5.41, 5.74) is 1.33. The van der Waals surface area contributed by atoms with Crippen LogP contribution in [0.5, 0.6) is 5.75 Å². The number of carbonyl (C=O) groups is 1. The third-order valence-corrected chi connectivity index (χ3v) is 3.81. The lowest BCUT2D eigenvalue weighted by Crippen LogP contribution is -2.31. The van der Waals surface area contributed by atoms with Crippen molar-refractivity contribution < 1.29 is 9.53 Å². The number of rotatable bonds is 6. The van der Waals surface area contributed by atoms with Crippen LogP contribution in [0.4, 0.5) is 5.82 Å². The Morgan fingerprint density at radius 2 is 1.92 bits per heavy atom. The molecule has 0 aliphatic rings. The summed E-state index contributed by atoms with van der Waals surface area (Å²) in [7, 11) is 0. The third kappa shape index (κ3) is 4.60. The molecule has 2 aromatic rings. The van der Waals surface area contributed by atoms with Crippen LogP contribution >= 0.6 is 0 Å². The lowest BCUT2D eigenvalue weighted by atomic mass is 9.87. The summed E-state index contributed by atoms with van der Waals surface area (Å²) in [6.45, 7) is 11.1. The zero-order valence-corrected chi connectivity index (χ0v) is 15.2. The molecule has 130 valence electrons. The Labute approximate surface area is 144 Å². The number of nitrogens with one attached hydrogen (secondary N) is 1. The zero-order chi connectivity index (χ0) is 17.7. The molecule has 1 aromatic heterocycles. The second kappa shape index (κ2) is 7.51. The van der Waals surface area contributed by atoms with E-state index in [0.29, 0.717) is 11.6 Å². The normalized spacial score (nSPS) is 12.7. The molecule has 1 heterocycles. The molecule has 24 heavy (non-hydrogen) atoms. The molecule has 0 spiro atoms. The van der Waals surface area contributed by atoms with Crippen molar-refractivity contribution in [1.29, 1.82) is 0 Å². The molecule has 0 saturated heterocycles. The van der Waals surface area contributed by atoms with Crippen LogP contribution in [0.15, 0.2) is 36.5 Å². The van der Waals surface area contributed by atoms with Crippen LogP contribution < -0.4 is 10.1 Å². The Balaban J connectivity index is 1.97. The van der Waals surface area contributed by atoms with E-state index in [0.717, 1.165) is 13.0 Å². The fraction of sp³-hybridized carbons (Fsp3) is 0.474. The van der Waals surface area contributed by atoms with Gasteiger partial charge in [0, 0.05) is 12.6 Å². The van der Waals surface area contributed by atoms with E-state index in [1.165, 1.54) is 5.56 Å². The Bertz CT molecular complexity index is 669.